The van der Waals surface area contributed by atoms with Gasteiger partial charge in [-0.3, -0.25) is 4.40 Å². The Morgan fingerprint density at radius 1 is 1.38 bits per heavy atom. The number of fused-ring (bicyclic) bond motifs is 2. The predicted molar refractivity (Wildman–Crippen MR) is 76.3 cm³/mol. The van der Waals surface area contributed by atoms with Crippen LogP contribution in [0.2, 0.25) is 0 Å². The van der Waals surface area contributed by atoms with Crippen molar-refractivity contribution in [1.82, 2.24) is 9.38 Å². The summed E-state index contributed by atoms with van der Waals surface area (Å²) in [5, 5.41) is 11.3. The number of carboxylic acid groups (broad SMARTS) is 1. The summed E-state index contributed by atoms with van der Waals surface area (Å²) in [7, 11) is 0. The van der Waals surface area contributed by atoms with Crippen LogP contribution in [-0.4, -0.2) is 27.3 Å². The predicted octanol–water partition coefficient (Wildman–Crippen LogP) is 2.80. The molecule has 0 bridgehead atoms. The molecule has 1 aromatic carbocycles. The number of imidazole rings is 1. The van der Waals surface area contributed by atoms with Crippen molar-refractivity contribution in [2.24, 2.45) is 0 Å². The van der Waals surface area contributed by atoms with E-state index >= 15 is 0 Å². The number of hydrogen-bond donors (Lipinski definition) is 1. The van der Waals surface area contributed by atoms with Crippen LogP contribution in [-0.2, 0) is 0 Å². The van der Waals surface area contributed by atoms with Crippen LogP contribution < -0.4 is 9.47 Å². The van der Waals surface area contributed by atoms with E-state index in [1.807, 2.05) is 23.6 Å². The maximum atomic E-state index is 11.5. The molecule has 0 saturated heterocycles. The van der Waals surface area contributed by atoms with Gasteiger partial charge in [0.1, 0.15) is 0 Å². The number of benzene rings is 1. The first-order valence-electron chi connectivity index (χ1n) is 6.25. The first kappa shape index (κ1) is 12.2. The lowest BCUT2D eigenvalue weighted by Gasteiger charge is -2.04. The smallest absolute Gasteiger partial charge is 0.354 e. The number of thiazole rings is 1. The van der Waals surface area contributed by atoms with Gasteiger partial charge in [-0.2, -0.15) is 0 Å². The first-order valence-corrected chi connectivity index (χ1v) is 7.13. The molecule has 0 atom stereocenters. The Bertz CT molecular complexity index is 881. The summed E-state index contributed by atoms with van der Waals surface area (Å²) in [6, 6.07) is 5.56. The number of ether oxygens (including phenoxy) is 2. The van der Waals surface area contributed by atoms with Crippen molar-refractivity contribution in [3.8, 4) is 22.8 Å². The minimum Gasteiger partial charge on any atom is -0.477 e. The van der Waals surface area contributed by atoms with Gasteiger partial charge in [0, 0.05) is 10.9 Å². The van der Waals surface area contributed by atoms with Crippen LogP contribution in [0.4, 0.5) is 0 Å². The van der Waals surface area contributed by atoms with Crippen molar-refractivity contribution >= 4 is 22.3 Å². The molecule has 106 valence electrons. The zero-order valence-electron chi connectivity index (χ0n) is 11.0. The van der Waals surface area contributed by atoms with Gasteiger partial charge in [0.2, 0.25) is 6.79 Å². The third kappa shape index (κ3) is 1.71. The van der Waals surface area contributed by atoms with Crippen LogP contribution in [0.1, 0.15) is 16.2 Å². The largest absolute Gasteiger partial charge is 0.477 e. The second-order valence-corrected chi connectivity index (χ2v) is 5.49. The van der Waals surface area contributed by atoms with Gasteiger partial charge in [-0.25, -0.2) is 9.78 Å². The van der Waals surface area contributed by atoms with Gasteiger partial charge in [0.05, 0.1) is 11.4 Å². The first-order chi connectivity index (χ1) is 10.1. The molecule has 0 aliphatic carbocycles. The molecule has 21 heavy (non-hydrogen) atoms. The fourth-order valence-electron chi connectivity index (χ4n) is 2.47. The maximum absolute atomic E-state index is 11.5. The number of carbonyl (C=O) groups is 1. The lowest BCUT2D eigenvalue weighted by atomic mass is 10.1. The molecule has 7 heteroatoms. The van der Waals surface area contributed by atoms with Crippen molar-refractivity contribution in [2.45, 2.75) is 6.92 Å². The van der Waals surface area contributed by atoms with E-state index in [1.165, 1.54) is 11.3 Å². The molecule has 4 rings (SSSR count). The number of aromatic nitrogens is 2. The Morgan fingerprint density at radius 2 is 2.19 bits per heavy atom. The quantitative estimate of drug-likeness (QED) is 0.788. The van der Waals surface area contributed by atoms with Crippen molar-refractivity contribution in [3.05, 3.63) is 35.0 Å². The van der Waals surface area contributed by atoms with Crippen molar-refractivity contribution in [3.63, 3.8) is 0 Å². The van der Waals surface area contributed by atoms with E-state index in [2.05, 4.69) is 4.98 Å². The van der Waals surface area contributed by atoms with Gasteiger partial charge in [-0.15, -0.1) is 11.3 Å². The Kier molecular flexibility index (Phi) is 2.46. The van der Waals surface area contributed by atoms with Crippen LogP contribution in [0.15, 0.2) is 23.6 Å². The molecule has 6 nitrogen and oxygen atoms in total. The van der Waals surface area contributed by atoms with Gasteiger partial charge in [-0.1, -0.05) is 0 Å². The molecular weight excluding hydrogens is 292 g/mol. The normalized spacial score (nSPS) is 13.0. The lowest BCUT2D eigenvalue weighted by Crippen LogP contribution is -2.04. The lowest BCUT2D eigenvalue weighted by molar-refractivity contribution is 0.0688. The summed E-state index contributed by atoms with van der Waals surface area (Å²) in [5.74, 6) is 0.381. The summed E-state index contributed by atoms with van der Waals surface area (Å²) >= 11 is 1.41. The van der Waals surface area contributed by atoms with E-state index in [-0.39, 0.29) is 12.5 Å². The molecule has 0 unspecified atom stereocenters. The van der Waals surface area contributed by atoms with E-state index in [1.54, 1.807) is 11.3 Å². The van der Waals surface area contributed by atoms with Crippen molar-refractivity contribution in [1.29, 1.82) is 0 Å². The third-order valence-corrected chi connectivity index (χ3v) is 4.23. The minimum absolute atomic E-state index is 0.193. The Hall–Kier alpha value is -2.54. The summed E-state index contributed by atoms with van der Waals surface area (Å²) < 4.78 is 12.3. The topological polar surface area (TPSA) is 73.1 Å². The van der Waals surface area contributed by atoms with Gasteiger partial charge >= 0.3 is 5.97 Å². The van der Waals surface area contributed by atoms with Crippen LogP contribution in [0.3, 0.4) is 0 Å². The highest BCUT2D eigenvalue weighted by molar-refractivity contribution is 7.15. The molecule has 1 aliphatic rings. The van der Waals surface area contributed by atoms with Gasteiger partial charge in [0.15, 0.2) is 22.2 Å². The number of nitrogens with zero attached hydrogens (tertiary/aromatic N) is 2. The van der Waals surface area contributed by atoms with Crippen molar-refractivity contribution < 1.29 is 19.4 Å². The Morgan fingerprint density at radius 3 is 3.00 bits per heavy atom. The van der Waals surface area contributed by atoms with Gasteiger partial charge in [0.25, 0.3) is 0 Å². The summed E-state index contributed by atoms with van der Waals surface area (Å²) in [6.45, 7) is 1.91. The number of rotatable bonds is 2. The summed E-state index contributed by atoms with van der Waals surface area (Å²) in [4.78, 5) is 16.4. The molecular formula is C14H10N2O4S. The molecule has 1 aliphatic heterocycles. The van der Waals surface area contributed by atoms with E-state index in [4.69, 9.17) is 9.47 Å². The molecule has 2 aromatic heterocycles. The van der Waals surface area contributed by atoms with Crippen LogP contribution >= 0.6 is 11.3 Å². The zero-order valence-corrected chi connectivity index (χ0v) is 11.8. The molecule has 0 saturated carbocycles. The van der Waals surface area contributed by atoms with Gasteiger partial charge in [-0.05, 0) is 25.1 Å². The Balaban J connectivity index is 1.96. The molecule has 0 spiro atoms. The highest BCUT2D eigenvalue weighted by Crippen LogP contribution is 2.37. The molecule has 0 radical (unpaired) electrons. The van der Waals surface area contributed by atoms with Gasteiger partial charge < -0.3 is 14.6 Å². The Labute approximate surface area is 123 Å². The monoisotopic (exact) mass is 302 g/mol. The average molecular weight is 302 g/mol. The zero-order chi connectivity index (χ0) is 14.6. The highest BCUT2D eigenvalue weighted by atomic mass is 32.1. The standard InChI is InChI=1S/C14H10N2O4S/c1-7-12(13(17)18)16-9(5-21-14(16)15-7)8-2-3-10-11(4-8)20-6-19-10/h2-5H,6H2,1H3,(H,17,18). The SMILES string of the molecule is Cc1nc2scc(-c3ccc4c(c3)OCO4)n2c1C(=O)O. The van der Waals surface area contributed by atoms with E-state index in [0.717, 1.165) is 11.3 Å². The van der Waals surface area contributed by atoms with Crippen molar-refractivity contribution in [2.75, 3.05) is 6.79 Å². The second kappa shape index (κ2) is 4.23. The molecule has 3 heterocycles. The highest BCUT2D eigenvalue weighted by Gasteiger charge is 2.21. The molecule has 3 aromatic rings. The number of hydrogen-bond acceptors (Lipinski definition) is 5. The summed E-state index contributed by atoms with van der Waals surface area (Å²) in [5.41, 5.74) is 2.35. The number of aryl methyl sites for hydroxylation is 1. The molecule has 1 N–H and O–H groups in total. The number of carboxylic acids is 1. The third-order valence-electron chi connectivity index (χ3n) is 3.41. The second-order valence-electron chi connectivity index (χ2n) is 4.66. The average Bonchev–Trinajstić information content (AvgIpc) is 3.10. The van der Waals surface area contributed by atoms with Crippen LogP contribution in [0.25, 0.3) is 16.2 Å². The fraction of sp³-hybridized carbons (Fsp3) is 0.143. The van der Waals surface area contributed by atoms with Crippen LogP contribution in [0, 0.1) is 6.92 Å². The van der Waals surface area contributed by atoms with E-state index < -0.39 is 5.97 Å². The van der Waals surface area contributed by atoms with E-state index in [0.29, 0.717) is 22.2 Å². The molecule has 0 amide bonds. The minimum atomic E-state index is -0.986. The maximum Gasteiger partial charge on any atom is 0.354 e. The number of aromatic carboxylic acids is 1. The van der Waals surface area contributed by atoms with E-state index in [9.17, 15) is 9.90 Å². The van der Waals surface area contributed by atoms with Crippen LogP contribution in [0.5, 0.6) is 11.5 Å². The fourth-order valence-corrected chi connectivity index (χ4v) is 3.41. The summed E-state index contributed by atoms with van der Waals surface area (Å²) in [6.07, 6.45) is 0. The molecule has 0 fully saturated rings.